The van der Waals surface area contributed by atoms with Crippen molar-refractivity contribution in [3.8, 4) is 11.8 Å². The molecule has 0 amide bonds. The summed E-state index contributed by atoms with van der Waals surface area (Å²) in [4.78, 5) is 12.0. The van der Waals surface area contributed by atoms with E-state index in [2.05, 4.69) is 25.9 Å². The predicted molar refractivity (Wildman–Crippen MR) is 78.0 cm³/mol. The minimum absolute atomic E-state index is 0.0670. The van der Waals surface area contributed by atoms with Gasteiger partial charge in [-0.1, -0.05) is 32.9 Å². The van der Waals surface area contributed by atoms with Gasteiger partial charge in [-0.05, 0) is 30.0 Å². The van der Waals surface area contributed by atoms with Gasteiger partial charge in [-0.15, -0.1) is 0 Å². The molecule has 0 atom stereocenters. The quantitative estimate of drug-likeness (QED) is 0.798. The van der Waals surface area contributed by atoms with Crippen molar-refractivity contribution in [1.82, 2.24) is 9.78 Å². The molecular weight excluding hydrogens is 250 g/mol. The van der Waals surface area contributed by atoms with Gasteiger partial charge in [0, 0.05) is 6.07 Å². The summed E-state index contributed by atoms with van der Waals surface area (Å²) in [5.74, 6) is 0. The summed E-state index contributed by atoms with van der Waals surface area (Å²) in [5, 5.41) is 13.1. The lowest BCUT2D eigenvalue weighted by Crippen LogP contribution is -2.22. The molecule has 2 rings (SSSR count). The number of aryl methyl sites for hydroxylation is 1. The van der Waals surface area contributed by atoms with Crippen molar-refractivity contribution in [2.24, 2.45) is 0 Å². The lowest BCUT2D eigenvalue weighted by atomic mass is 9.87. The Bertz CT molecular complexity index is 728. The second kappa shape index (κ2) is 4.93. The van der Waals surface area contributed by atoms with E-state index in [4.69, 9.17) is 5.26 Å². The van der Waals surface area contributed by atoms with Crippen LogP contribution in [0.15, 0.2) is 35.1 Å². The molecule has 102 valence electrons. The Hall–Kier alpha value is -2.41. The van der Waals surface area contributed by atoms with E-state index in [1.807, 2.05) is 30.3 Å². The van der Waals surface area contributed by atoms with Crippen LogP contribution in [-0.4, -0.2) is 9.78 Å². The van der Waals surface area contributed by atoms with Gasteiger partial charge in [-0.3, -0.25) is 4.79 Å². The van der Waals surface area contributed by atoms with Gasteiger partial charge in [0.15, 0.2) is 0 Å². The summed E-state index contributed by atoms with van der Waals surface area (Å²) < 4.78 is 1.32. The van der Waals surface area contributed by atoms with E-state index in [0.717, 1.165) is 0 Å². The number of hydrogen-bond donors (Lipinski definition) is 0. The molecule has 0 radical (unpaired) electrons. The van der Waals surface area contributed by atoms with Crippen molar-refractivity contribution >= 4 is 0 Å². The fraction of sp³-hybridized carbons (Fsp3) is 0.312. The Morgan fingerprint density at radius 2 is 1.80 bits per heavy atom. The Morgan fingerprint density at radius 3 is 2.30 bits per heavy atom. The standard InChI is InChI=1S/C16H17N3O/c1-11-12(10-17)9-15(20)19(18-11)14-7-5-13(6-8-14)16(2,3)4/h5-9H,1-4H3. The minimum Gasteiger partial charge on any atom is -0.267 e. The zero-order chi connectivity index (χ0) is 14.9. The number of nitrogens with zero attached hydrogens (tertiary/aromatic N) is 3. The first kappa shape index (κ1) is 14.0. The Kier molecular flexibility index (Phi) is 3.46. The molecule has 0 aliphatic heterocycles. The summed E-state index contributed by atoms with van der Waals surface area (Å²) in [6.45, 7) is 8.13. The van der Waals surface area contributed by atoms with E-state index in [1.165, 1.54) is 16.3 Å². The summed E-state index contributed by atoms with van der Waals surface area (Å²) in [6, 6.07) is 11.0. The molecular formula is C16H17N3O. The summed E-state index contributed by atoms with van der Waals surface area (Å²) in [5.41, 5.74) is 2.53. The molecule has 4 nitrogen and oxygen atoms in total. The third-order valence-corrected chi connectivity index (χ3v) is 3.21. The largest absolute Gasteiger partial charge is 0.272 e. The smallest absolute Gasteiger partial charge is 0.267 e. The van der Waals surface area contributed by atoms with Crippen LogP contribution in [0.4, 0.5) is 0 Å². The van der Waals surface area contributed by atoms with Crippen molar-refractivity contribution in [1.29, 1.82) is 5.26 Å². The Morgan fingerprint density at radius 1 is 1.20 bits per heavy atom. The minimum atomic E-state index is -0.296. The zero-order valence-corrected chi connectivity index (χ0v) is 12.1. The molecule has 0 unspecified atom stereocenters. The summed E-state index contributed by atoms with van der Waals surface area (Å²) in [6.07, 6.45) is 0. The van der Waals surface area contributed by atoms with E-state index in [0.29, 0.717) is 16.9 Å². The molecule has 4 heteroatoms. The van der Waals surface area contributed by atoms with Gasteiger partial charge in [0.1, 0.15) is 6.07 Å². The fourth-order valence-corrected chi connectivity index (χ4v) is 1.94. The van der Waals surface area contributed by atoms with Crippen LogP contribution in [0.25, 0.3) is 5.69 Å². The van der Waals surface area contributed by atoms with Crippen LogP contribution in [0.5, 0.6) is 0 Å². The molecule has 0 aliphatic rings. The highest BCUT2D eigenvalue weighted by atomic mass is 16.1. The predicted octanol–water partition coefficient (Wildman–Crippen LogP) is 2.71. The number of rotatable bonds is 1. The van der Waals surface area contributed by atoms with Gasteiger partial charge < -0.3 is 0 Å². The topological polar surface area (TPSA) is 58.7 Å². The van der Waals surface area contributed by atoms with Crippen molar-refractivity contribution in [2.75, 3.05) is 0 Å². The molecule has 0 bridgehead atoms. The number of nitriles is 1. The Balaban J connectivity index is 2.51. The molecule has 0 saturated heterocycles. The van der Waals surface area contributed by atoms with E-state index in [-0.39, 0.29) is 11.0 Å². The second-order valence-electron chi connectivity index (χ2n) is 5.80. The molecule has 0 fully saturated rings. The van der Waals surface area contributed by atoms with Crippen LogP contribution in [0.2, 0.25) is 0 Å². The van der Waals surface area contributed by atoms with Gasteiger partial charge in [-0.25, -0.2) is 0 Å². The second-order valence-corrected chi connectivity index (χ2v) is 5.80. The normalized spacial score (nSPS) is 11.2. The van der Waals surface area contributed by atoms with Crippen LogP contribution in [0, 0.1) is 18.3 Å². The van der Waals surface area contributed by atoms with Gasteiger partial charge in [0.2, 0.25) is 0 Å². The van der Waals surface area contributed by atoms with E-state index in [9.17, 15) is 4.79 Å². The van der Waals surface area contributed by atoms with Crippen LogP contribution in [0.3, 0.4) is 0 Å². The Labute approximate surface area is 118 Å². The summed E-state index contributed by atoms with van der Waals surface area (Å²) >= 11 is 0. The first-order valence-electron chi connectivity index (χ1n) is 6.45. The number of hydrogen-bond acceptors (Lipinski definition) is 3. The van der Waals surface area contributed by atoms with Gasteiger partial charge in [0.25, 0.3) is 5.56 Å². The lowest BCUT2D eigenvalue weighted by molar-refractivity contribution is 0.590. The highest BCUT2D eigenvalue weighted by Gasteiger charge is 2.13. The number of benzene rings is 1. The highest BCUT2D eigenvalue weighted by Crippen LogP contribution is 2.22. The van der Waals surface area contributed by atoms with E-state index in [1.54, 1.807) is 6.92 Å². The monoisotopic (exact) mass is 267 g/mol. The number of aromatic nitrogens is 2. The average molecular weight is 267 g/mol. The molecule has 20 heavy (non-hydrogen) atoms. The van der Waals surface area contributed by atoms with Crippen LogP contribution < -0.4 is 5.56 Å². The van der Waals surface area contributed by atoms with Crippen molar-refractivity contribution < 1.29 is 0 Å². The zero-order valence-electron chi connectivity index (χ0n) is 12.1. The fourth-order valence-electron chi connectivity index (χ4n) is 1.94. The van der Waals surface area contributed by atoms with E-state index < -0.39 is 0 Å². The summed E-state index contributed by atoms with van der Waals surface area (Å²) in [7, 11) is 0. The van der Waals surface area contributed by atoms with Crippen molar-refractivity contribution in [3.63, 3.8) is 0 Å². The van der Waals surface area contributed by atoms with Crippen LogP contribution in [-0.2, 0) is 5.41 Å². The molecule has 0 aliphatic carbocycles. The van der Waals surface area contributed by atoms with Crippen molar-refractivity contribution in [3.05, 3.63) is 57.5 Å². The van der Waals surface area contributed by atoms with Crippen molar-refractivity contribution in [2.45, 2.75) is 33.1 Å². The molecule has 1 aromatic heterocycles. The molecule has 0 spiro atoms. The first-order chi connectivity index (χ1) is 9.32. The van der Waals surface area contributed by atoms with Gasteiger partial charge >= 0.3 is 0 Å². The van der Waals surface area contributed by atoms with Gasteiger partial charge in [-0.2, -0.15) is 15.0 Å². The maximum Gasteiger partial charge on any atom is 0.272 e. The van der Waals surface area contributed by atoms with Crippen LogP contribution >= 0.6 is 0 Å². The third kappa shape index (κ3) is 2.62. The molecule has 1 heterocycles. The van der Waals surface area contributed by atoms with Gasteiger partial charge in [0.05, 0.1) is 16.9 Å². The lowest BCUT2D eigenvalue weighted by Gasteiger charge is -2.19. The third-order valence-electron chi connectivity index (χ3n) is 3.21. The first-order valence-corrected chi connectivity index (χ1v) is 6.45. The van der Waals surface area contributed by atoms with E-state index >= 15 is 0 Å². The average Bonchev–Trinajstić information content (AvgIpc) is 2.40. The molecule has 2 aromatic rings. The molecule has 1 aromatic carbocycles. The molecule has 0 N–H and O–H groups in total. The maximum atomic E-state index is 12.0. The highest BCUT2D eigenvalue weighted by molar-refractivity contribution is 5.38. The van der Waals surface area contributed by atoms with Crippen LogP contribution in [0.1, 0.15) is 37.6 Å². The maximum absolute atomic E-state index is 12.0. The molecule has 0 saturated carbocycles. The SMILES string of the molecule is Cc1nn(-c2ccc(C(C)(C)C)cc2)c(=O)cc1C#N.